The van der Waals surface area contributed by atoms with Gasteiger partial charge in [-0.3, -0.25) is 9.59 Å². The molecule has 0 aromatic heterocycles. The number of nitrogens with one attached hydrogen (secondary N) is 2. The molecule has 2 aromatic carbocycles. The van der Waals surface area contributed by atoms with Gasteiger partial charge in [0.25, 0.3) is 0 Å². The first-order valence-electron chi connectivity index (χ1n) is 8.61. The Morgan fingerprint density at radius 1 is 1.00 bits per heavy atom. The number of esters is 1. The summed E-state index contributed by atoms with van der Waals surface area (Å²) < 4.78 is 18.0. The lowest BCUT2D eigenvalue weighted by molar-refractivity contribution is -0.131. The minimum absolute atomic E-state index is 0.213. The molecule has 0 bridgehead atoms. The lowest BCUT2D eigenvalue weighted by atomic mass is 10.0. The van der Waals surface area contributed by atoms with Crippen LogP contribution in [0.2, 0.25) is 0 Å². The molecule has 3 rings (SSSR count). The van der Waals surface area contributed by atoms with Gasteiger partial charge in [-0.2, -0.15) is 0 Å². The molecule has 27 heavy (non-hydrogen) atoms. The molecule has 0 aliphatic heterocycles. The van der Waals surface area contributed by atoms with Gasteiger partial charge in [-0.15, -0.1) is 0 Å². The van der Waals surface area contributed by atoms with Crippen molar-refractivity contribution >= 4 is 29.2 Å². The molecule has 2 aromatic rings. The highest BCUT2D eigenvalue weighted by atomic mass is 19.1. The summed E-state index contributed by atoms with van der Waals surface area (Å²) in [6.07, 6.45) is 0.793. The predicted molar refractivity (Wildman–Crippen MR) is 97.7 cm³/mol. The number of ether oxygens (including phenoxy) is 1. The third kappa shape index (κ3) is 3.97. The van der Waals surface area contributed by atoms with Gasteiger partial charge in [0.15, 0.2) is 0 Å². The fraction of sp³-hybridized carbons (Fsp3) is 0.250. The lowest BCUT2D eigenvalue weighted by Crippen LogP contribution is -2.36. The number of amides is 2. The SMILES string of the molecule is CCOC(=O)c1ccccc1NC(=O)C1(C(=O)Nc2ccc(F)cc2)CC1. The molecule has 7 heteroatoms. The third-order valence-electron chi connectivity index (χ3n) is 4.39. The average molecular weight is 370 g/mol. The van der Waals surface area contributed by atoms with Gasteiger partial charge in [0, 0.05) is 5.69 Å². The van der Waals surface area contributed by atoms with Crippen LogP contribution in [0, 0.1) is 11.2 Å². The van der Waals surface area contributed by atoms with E-state index in [1.165, 1.54) is 24.3 Å². The maximum Gasteiger partial charge on any atom is 0.340 e. The summed E-state index contributed by atoms with van der Waals surface area (Å²) in [6.45, 7) is 1.91. The fourth-order valence-corrected chi connectivity index (χ4v) is 2.69. The molecule has 2 N–H and O–H groups in total. The van der Waals surface area contributed by atoms with Crippen molar-refractivity contribution in [3.63, 3.8) is 0 Å². The van der Waals surface area contributed by atoms with E-state index < -0.39 is 29.0 Å². The van der Waals surface area contributed by atoms with E-state index >= 15 is 0 Å². The van der Waals surface area contributed by atoms with Crippen LogP contribution < -0.4 is 10.6 Å². The van der Waals surface area contributed by atoms with Gasteiger partial charge >= 0.3 is 5.97 Å². The number of carbonyl (C=O) groups excluding carboxylic acids is 3. The van der Waals surface area contributed by atoms with Crippen molar-refractivity contribution in [2.45, 2.75) is 19.8 Å². The summed E-state index contributed by atoms with van der Waals surface area (Å²) in [5, 5.41) is 5.31. The van der Waals surface area contributed by atoms with Crippen molar-refractivity contribution in [3.8, 4) is 0 Å². The van der Waals surface area contributed by atoms with E-state index in [0.717, 1.165) is 0 Å². The van der Waals surface area contributed by atoms with Crippen LogP contribution >= 0.6 is 0 Å². The molecular formula is C20H19FN2O4. The standard InChI is InChI=1S/C20H19FN2O4/c1-2-27-17(24)15-5-3-4-6-16(15)23-19(26)20(11-12-20)18(25)22-14-9-7-13(21)8-10-14/h3-10H,2,11-12H2,1H3,(H,22,25)(H,23,26). The molecule has 0 heterocycles. The average Bonchev–Trinajstić information content (AvgIpc) is 3.46. The zero-order valence-corrected chi connectivity index (χ0v) is 14.8. The number of halogens is 1. The van der Waals surface area contributed by atoms with Gasteiger partial charge in [-0.05, 0) is 56.2 Å². The Bertz CT molecular complexity index is 876. The molecule has 1 aliphatic carbocycles. The highest BCUT2D eigenvalue weighted by Gasteiger charge is 2.56. The van der Waals surface area contributed by atoms with E-state index in [-0.39, 0.29) is 12.2 Å². The molecule has 0 spiro atoms. The second-order valence-electron chi connectivity index (χ2n) is 6.26. The van der Waals surface area contributed by atoms with Crippen molar-refractivity contribution in [3.05, 3.63) is 59.9 Å². The summed E-state index contributed by atoms with van der Waals surface area (Å²) in [4.78, 5) is 37.3. The van der Waals surface area contributed by atoms with Crippen LogP contribution in [0.3, 0.4) is 0 Å². The monoisotopic (exact) mass is 370 g/mol. The Hall–Kier alpha value is -3.22. The van der Waals surface area contributed by atoms with E-state index in [1.807, 2.05) is 0 Å². The van der Waals surface area contributed by atoms with E-state index in [1.54, 1.807) is 31.2 Å². The summed E-state index contributed by atoms with van der Waals surface area (Å²) in [5.41, 5.74) is -0.271. The third-order valence-corrected chi connectivity index (χ3v) is 4.39. The first-order chi connectivity index (χ1) is 13.0. The van der Waals surface area contributed by atoms with Crippen LogP contribution in [0.5, 0.6) is 0 Å². The molecular weight excluding hydrogens is 351 g/mol. The van der Waals surface area contributed by atoms with Crippen molar-refractivity contribution in [2.75, 3.05) is 17.2 Å². The number of hydrogen-bond donors (Lipinski definition) is 2. The number of para-hydroxylation sites is 1. The Kier molecular flexibility index (Phi) is 5.21. The highest BCUT2D eigenvalue weighted by Crippen LogP contribution is 2.47. The topological polar surface area (TPSA) is 84.5 Å². The molecule has 2 amide bonds. The Labute approximate surface area is 155 Å². The maximum atomic E-state index is 13.0. The molecule has 0 radical (unpaired) electrons. The van der Waals surface area contributed by atoms with Crippen molar-refractivity contribution in [1.82, 2.24) is 0 Å². The van der Waals surface area contributed by atoms with Crippen LogP contribution in [0.25, 0.3) is 0 Å². The number of benzene rings is 2. The fourth-order valence-electron chi connectivity index (χ4n) is 2.69. The van der Waals surface area contributed by atoms with E-state index in [9.17, 15) is 18.8 Å². The summed E-state index contributed by atoms with van der Waals surface area (Å²) in [5.74, 6) is -1.91. The van der Waals surface area contributed by atoms with Crippen LogP contribution in [0.15, 0.2) is 48.5 Å². The number of carbonyl (C=O) groups is 3. The van der Waals surface area contributed by atoms with E-state index in [4.69, 9.17) is 4.74 Å². The van der Waals surface area contributed by atoms with Crippen LogP contribution in [0.1, 0.15) is 30.1 Å². The van der Waals surface area contributed by atoms with Crippen LogP contribution in [0.4, 0.5) is 15.8 Å². The van der Waals surface area contributed by atoms with Gasteiger partial charge < -0.3 is 15.4 Å². The molecule has 6 nitrogen and oxygen atoms in total. The van der Waals surface area contributed by atoms with E-state index in [2.05, 4.69) is 10.6 Å². The molecule has 1 saturated carbocycles. The molecule has 1 fully saturated rings. The molecule has 0 atom stereocenters. The second kappa shape index (κ2) is 7.57. The van der Waals surface area contributed by atoms with Gasteiger partial charge in [0.2, 0.25) is 11.8 Å². The molecule has 1 aliphatic rings. The summed E-state index contributed by atoms with van der Waals surface area (Å²) in [6, 6.07) is 11.8. The number of hydrogen-bond acceptors (Lipinski definition) is 4. The quantitative estimate of drug-likeness (QED) is 0.603. The number of anilines is 2. The van der Waals surface area contributed by atoms with E-state index in [0.29, 0.717) is 24.2 Å². The summed E-state index contributed by atoms with van der Waals surface area (Å²) in [7, 11) is 0. The van der Waals surface area contributed by atoms with Gasteiger partial charge in [0.05, 0.1) is 17.9 Å². The van der Waals surface area contributed by atoms with Gasteiger partial charge in [0.1, 0.15) is 11.2 Å². The van der Waals surface area contributed by atoms with Crippen molar-refractivity contribution in [2.24, 2.45) is 5.41 Å². The Morgan fingerprint density at radius 3 is 2.26 bits per heavy atom. The molecule has 0 saturated heterocycles. The zero-order chi connectivity index (χ0) is 19.4. The lowest BCUT2D eigenvalue weighted by Gasteiger charge is -2.17. The smallest absolute Gasteiger partial charge is 0.340 e. The first kappa shape index (κ1) is 18.6. The second-order valence-corrected chi connectivity index (χ2v) is 6.26. The maximum absolute atomic E-state index is 13.0. The van der Waals surface area contributed by atoms with Crippen LogP contribution in [-0.2, 0) is 14.3 Å². The Balaban J connectivity index is 1.73. The van der Waals surface area contributed by atoms with Gasteiger partial charge in [-0.25, -0.2) is 9.18 Å². The predicted octanol–water partition coefficient (Wildman–Crippen LogP) is 3.36. The molecule has 0 unspecified atom stereocenters. The van der Waals surface area contributed by atoms with Crippen LogP contribution in [-0.4, -0.2) is 24.4 Å². The minimum Gasteiger partial charge on any atom is -0.462 e. The first-order valence-corrected chi connectivity index (χ1v) is 8.61. The Morgan fingerprint density at radius 2 is 1.63 bits per heavy atom. The van der Waals surface area contributed by atoms with Gasteiger partial charge in [-0.1, -0.05) is 12.1 Å². The largest absolute Gasteiger partial charge is 0.462 e. The normalized spacial score (nSPS) is 14.1. The summed E-state index contributed by atoms with van der Waals surface area (Å²) >= 11 is 0. The minimum atomic E-state index is -1.20. The van der Waals surface area contributed by atoms with Crippen molar-refractivity contribution in [1.29, 1.82) is 0 Å². The zero-order valence-electron chi connectivity index (χ0n) is 14.8. The highest BCUT2D eigenvalue weighted by molar-refractivity contribution is 6.17. The van der Waals surface area contributed by atoms with Crippen molar-refractivity contribution < 1.29 is 23.5 Å². The number of rotatable bonds is 6. The molecule has 140 valence electrons.